The van der Waals surface area contributed by atoms with Crippen molar-refractivity contribution in [1.82, 2.24) is 4.90 Å². The van der Waals surface area contributed by atoms with Crippen molar-refractivity contribution in [3.05, 3.63) is 23.7 Å². The van der Waals surface area contributed by atoms with Crippen molar-refractivity contribution in [3.8, 4) is 0 Å². The second-order valence-corrected chi connectivity index (χ2v) is 5.02. The first-order valence-electron chi connectivity index (χ1n) is 6.02. The van der Waals surface area contributed by atoms with Crippen LogP contribution in [0.2, 0.25) is 0 Å². The minimum absolute atomic E-state index is 0.251. The van der Waals surface area contributed by atoms with Gasteiger partial charge in [0.1, 0.15) is 5.76 Å². The van der Waals surface area contributed by atoms with Gasteiger partial charge < -0.3 is 14.4 Å². The number of hydrogen-bond donors (Lipinski definition) is 1. The van der Waals surface area contributed by atoms with Crippen LogP contribution in [0, 0.1) is 5.92 Å². The highest BCUT2D eigenvalue weighted by Gasteiger charge is 2.30. The van der Waals surface area contributed by atoms with Gasteiger partial charge in [0.25, 0.3) is 0 Å². The van der Waals surface area contributed by atoms with Crippen molar-refractivity contribution in [2.75, 3.05) is 14.1 Å². The van der Waals surface area contributed by atoms with Crippen LogP contribution in [-0.4, -0.2) is 30.1 Å². The van der Waals surface area contributed by atoms with Gasteiger partial charge in [0.15, 0.2) is 0 Å². The third-order valence-electron chi connectivity index (χ3n) is 3.56. The average Bonchev–Trinajstić information content (AvgIpc) is 2.72. The molecular weight excluding hydrogens is 218 g/mol. The lowest BCUT2D eigenvalue weighted by atomic mass is 9.82. The minimum Gasteiger partial charge on any atom is -0.481 e. The molecule has 1 N–H and O–H groups in total. The van der Waals surface area contributed by atoms with Gasteiger partial charge in [-0.1, -0.05) is 0 Å². The van der Waals surface area contributed by atoms with Crippen molar-refractivity contribution >= 4 is 5.97 Å². The molecule has 0 saturated carbocycles. The number of rotatable bonds is 4. The molecule has 4 nitrogen and oxygen atoms in total. The highest BCUT2D eigenvalue weighted by molar-refractivity contribution is 5.66. The average molecular weight is 237 g/mol. The fourth-order valence-electron chi connectivity index (χ4n) is 2.64. The number of fused-ring (bicyclic) bond motifs is 1. The molecule has 1 aliphatic carbocycles. The number of hydrogen-bond acceptors (Lipinski definition) is 3. The van der Waals surface area contributed by atoms with Crippen molar-refractivity contribution in [3.63, 3.8) is 0 Å². The lowest BCUT2D eigenvalue weighted by Crippen LogP contribution is -2.28. The molecule has 0 radical (unpaired) electrons. The Bertz CT molecular complexity index is 397. The first-order chi connectivity index (χ1) is 8.08. The summed E-state index contributed by atoms with van der Waals surface area (Å²) in [7, 11) is 4.11. The van der Waals surface area contributed by atoms with Crippen molar-refractivity contribution in [2.45, 2.75) is 31.7 Å². The zero-order chi connectivity index (χ0) is 12.4. The van der Waals surface area contributed by atoms with Crippen LogP contribution in [0.1, 0.15) is 36.6 Å². The first kappa shape index (κ1) is 12.2. The quantitative estimate of drug-likeness (QED) is 0.873. The maximum absolute atomic E-state index is 10.6. The summed E-state index contributed by atoms with van der Waals surface area (Å²) in [5, 5.41) is 8.74. The summed E-state index contributed by atoms with van der Waals surface area (Å²) >= 11 is 0. The third-order valence-corrected chi connectivity index (χ3v) is 3.56. The number of nitrogens with zero attached hydrogens (tertiary/aromatic N) is 1. The molecule has 2 rings (SSSR count). The monoisotopic (exact) mass is 237 g/mol. The molecule has 1 heterocycles. The van der Waals surface area contributed by atoms with Crippen LogP contribution in [0.3, 0.4) is 0 Å². The SMILES string of the molecule is CN(C)C1CC(CCC(=O)O)Cc2occc21. The van der Waals surface area contributed by atoms with Crippen LogP contribution in [0.4, 0.5) is 0 Å². The Morgan fingerprint density at radius 2 is 2.35 bits per heavy atom. The predicted molar refractivity (Wildman–Crippen MR) is 63.8 cm³/mol. The maximum atomic E-state index is 10.6. The van der Waals surface area contributed by atoms with Gasteiger partial charge >= 0.3 is 5.97 Å². The van der Waals surface area contributed by atoms with E-state index in [-0.39, 0.29) is 6.42 Å². The molecule has 17 heavy (non-hydrogen) atoms. The molecule has 1 aromatic rings. The topological polar surface area (TPSA) is 53.7 Å². The number of aliphatic carboxylic acids is 1. The van der Waals surface area contributed by atoms with Crippen LogP contribution in [0.25, 0.3) is 0 Å². The smallest absolute Gasteiger partial charge is 0.303 e. The van der Waals surface area contributed by atoms with Gasteiger partial charge in [-0.05, 0) is 38.9 Å². The molecule has 0 fully saturated rings. The summed E-state index contributed by atoms with van der Waals surface area (Å²) in [5.74, 6) is 0.735. The van der Waals surface area contributed by atoms with Gasteiger partial charge in [0, 0.05) is 24.4 Å². The fourth-order valence-corrected chi connectivity index (χ4v) is 2.64. The normalized spacial score (nSPS) is 23.7. The van der Waals surface area contributed by atoms with E-state index in [4.69, 9.17) is 9.52 Å². The van der Waals surface area contributed by atoms with Gasteiger partial charge in [-0.25, -0.2) is 0 Å². The molecule has 2 unspecified atom stereocenters. The van der Waals surface area contributed by atoms with Crippen LogP contribution < -0.4 is 0 Å². The molecule has 0 bridgehead atoms. The Morgan fingerprint density at radius 1 is 1.59 bits per heavy atom. The summed E-state index contributed by atoms with van der Waals surface area (Å²) in [5.41, 5.74) is 1.27. The fraction of sp³-hybridized carbons (Fsp3) is 0.615. The molecular formula is C13H19NO3. The van der Waals surface area contributed by atoms with Crippen LogP contribution in [0.15, 0.2) is 16.7 Å². The van der Waals surface area contributed by atoms with Crippen molar-refractivity contribution in [2.24, 2.45) is 5.92 Å². The molecule has 2 atom stereocenters. The second kappa shape index (κ2) is 4.92. The van der Waals surface area contributed by atoms with E-state index in [0.717, 1.165) is 25.0 Å². The number of furan rings is 1. The first-order valence-corrected chi connectivity index (χ1v) is 6.02. The Morgan fingerprint density at radius 3 is 3.00 bits per heavy atom. The van der Waals surface area contributed by atoms with E-state index in [1.54, 1.807) is 6.26 Å². The number of carboxylic acid groups (broad SMARTS) is 1. The van der Waals surface area contributed by atoms with Crippen LogP contribution >= 0.6 is 0 Å². The molecule has 0 spiro atoms. The molecule has 0 aromatic carbocycles. The van der Waals surface area contributed by atoms with Crippen molar-refractivity contribution in [1.29, 1.82) is 0 Å². The van der Waals surface area contributed by atoms with E-state index in [1.807, 2.05) is 6.07 Å². The summed E-state index contributed by atoms with van der Waals surface area (Å²) in [4.78, 5) is 12.8. The van der Waals surface area contributed by atoms with Gasteiger partial charge in [-0.3, -0.25) is 4.79 Å². The predicted octanol–water partition coefficient (Wildman–Crippen LogP) is 2.31. The van der Waals surface area contributed by atoms with E-state index in [2.05, 4.69) is 19.0 Å². The molecule has 1 aromatic heterocycles. The van der Waals surface area contributed by atoms with Crippen molar-refractivity contribution < 1.29 is 14.3 Å². The Balaban J connectivity index is 2.08. The highest BCUT2D eigenvalue weighted by Crippen LogP contribution is 2.38. The van der Waals surface area contributed by atoms with E-state index >= 15 is 0 Å². The molecule has 0 amide bonds. The highest BCUT2D eigenvalue weighted by atomic mass is 16.4. The van der Waals surface area contributed by atoms with Crippen LogP contribution in [0.5, 0.6) is 0 Å². The molecule has 0 saturated heterocycles. The summed E-state index contributed by atoms with van der Waals surface area (Å²) in [6, 6.07) is 2.39. The maximum Gasteiger partial charge on any atom is 0.303 e. The lowest BCUT2D eigenvalue weighted by molar-refractivity contribution is -0.137. The van der Waals surface area contributed by atoms with Gasteiger partial charge in [0.05, 0.1) is 6.26 Å². The van der Waals surface area contributed by atoms with Gasteiger partial charge in [-0.15, -0.1) is 0 Å². The van der Waals surface area contributed by atoms with Crippen LogP contribution in [-0.2, 0) is 11.2 Å². The van der Waals surface area contributed by atoms with E-state index < -0.39 is 5.97 Å². The molecule has 94 valence electrons. The Labute approximate surface area is 101 Å². The van der Waals surface area contributed by atoms with E-state index in [0.29, 0.717) is 12.0 Å². The summed E-state index contributed by atoms with van der Waals surface area (Å²) < 4.78 is 5.50. The summed E-state index contributed by atoms with van der Waals surface area (Å²) in [6.07, 6.45) is 4.62. The second-order valence-electron chi connectivity index (χ2n) is 5.02. The third kappa shape index (κ3) is 2.69. The Kier molecular flexibility index (Phi) is 3.52. The standard InChI is InChI=1S/C13H19NO3/c1-14(2)11-7-9(3-4-13(15)16)8-12-10(11)5-6-17-12/h5-6,9,11H,3-4,7-8H2,1-2H3,(H,15,16). The molecule has 4 heteroatoms. The lowest BCUT2D eigenvalue weighted by Gasteiger charge is -2.32. The molecule has 1 aliphatic rings. The molecule has 0 aliphatic heterocycles. The zero-order valence-electron chi connectivity index (χ0n) is 10.3. The number of carboxylic acids is 1. The largest absolute Gasteiger partial charge is 0.481 e. The van der Waals surface area contributed by atoms with Gasteiger partial charge in [0.2, 0.25) is 0 Å². The van der Waals surface area contributed by atoms with E-state index in [9.17, 15) is 4.79 Å². The van der Waals surface area contributed by atoms with Gasteiger partial charge in [-0.2, -0.15) is 0 Å². The Hall–Kier alpha value is -1.29. The minimum atomic E-state index is -0.711. The van der Waals surface area contributed by atoms with E-state index in [1.165, 1.54) is 5.56 Å². The zero-order valence-corrected chi connectivity index (χ0v) is 10.3. The number of carbonyl (C=O) groups is 1. The summed E-state index contributed by atoms with van der Waals surface area (Å²) in [6.45, 7) is 0.